The molecule has 5 heteroatoms. The summed E-state index contributed by atoms with van der Waals surface area (Å²) in [5.74, 6) is 0.915. The Morgan fingerprint density at radius 3 is 2.38 bits per heavy atom. The quantitative estimate of drug-likeness (QED) is 0.656. The molecular weight excluding hydrogens is 318 g/mol. The molecule has 0 radical (unpaired) electrons. The van der Waals surface area contributed by atoms with Crippen LogP contribution in [0.2, 0.25) is 0 Å². The number of nitrogens with zero attached hydrogens (tertiary/aromatic N) is 3. The lowest BCUT2D eigenvalue weighted by Gasteiger charge is -2.22. The summed E-state index contributed by atoms with van der Waals surface area (Å²) < 4.78 is 5.29. The van der Waals surface area contributed by atoms with E-state index in [9.17, 15) is 0 Å². The van der Waals surface area contributed by atoms with Gasteiger partial charge in [-0.15, -0.1) is 11.3 Å². The zero-order chi connectivity index (χ0) is 17.1. The number of benzene rings is 1. The molecule has 0 aliphatic carbocycles. The lowest BCUT2D eigenvalue weighted by molar-refractivity contribution is 0.392. The molecule has 4 nitrogen and oxygen atoms in total. The van der Waals surface area contributed by atoms with Gasteiger partial charge in [-0.1, -0.05) is 35.5 Å². The van der Waals surface area contributed by atoms with Gasteiger partial charge in [0, 0.05) is 23.5 Å². The number of hydrogen-bond donors (Lipinski definition) is 0. The van der Waals surface area contributed by atoms with Gasteiger partial charge in [0.1, 0.15) is 5.76 Å². The van der Waals surface area contributed by atoms with Gasteiger partial charge in [0.2, 0.25) is 0 Å². The van der Waals surface area contributed by atoms with Crippen molar-refractivity contribution in [2.45, 2.75) is 40.7 Å². The van der Waals surface area contributed by atoms with E-state index in [0.29, 0.717) is 0 Å². The van der Waals surface area contributed by atoms with Crippen molar-refractivity contribution in [3.8, 4) is 0 Å². The molecule has 0 N–H and O–H groups in total. The fourth-order valence-electron chi connectivity index (χ4n) is 2.74. The van der Waals surface area contributed by atoms with E-state index >= 15 is 0 Å². The zero-order valence-electron chi connectivity index (χ0n) is 14.7. The van der Waals surface area contributed by atoms with Crippen LogP contribution in [0.25, 0.3) is 0 Å². The zero-order valence-corrected chi connectivity index (χ0v) is 15.5. The summed E-state index contributed by atoms with van der Waals surface area (Å²) in [5, 5.41) is 5.15. The van der Waals surface area contributed by atoms with Crippen LogP contribution in [0, 0.1) is 27.7 Å². The Hall–Kier alpha value is -2.14. The number of aromatic nitrogens is 2. The van der Waals surface area contributed by atoms with Crippen LogP contribution in [0.5, 0.6) is 0 Å². The normalized spacial score (nSPS) is 11.0. The van der Waals surface area contributed by atoms with Gasteiger partial charge >= 0.3 is 0 Å². The van der Waals surface area contributed by atoms with Crippen molar-refractivity contribution in [2.24, 2.45) is 0 Å². The van der Waals surface area contributed by atoms with Crippen molar-refractivity contribution in [1.29, 1.82) is 0 Å². The minimum absolute atomic E-state index is 0.858. The molecule has 24 heavy (non-hydrogen) atoms. The fraction of sp³-hybridized carbons (Fsp3) is 0.368. The highest BCUT2D eigenvalue weighted by atomic mass is 32.1. The van der Waals surface area contributed by atoms with E-state index in [-0.39, 0.29) is 0 Å². The summed E-state index contributed by atoms with van der Waals surface area (Å²) >= 11 is 1.76. The second-order valence-electron chi connectivity index (χ2n) is 6.10. The minimum Gasteiger partial charge on any atom is -0.361 e. The molecule has 0 aliphatic heterocycles. The minimum atomic E-state index is 0.858. The predicted octanol–water partition coefficient (Wildman–Crippen LogP) is 4.61. The Kier molecular flexibility index (Phi) is 5.00. The number of aryl methyl sites for hydroxylation is 4. The maximum absolute atomic E-state index is 5.29. The van der Waals surface area contributed by atoms with Crippen LogP contribution in [0.3, 0.4) is 0 Å². The SMILES string of the molecule is Cc1nc(N(CCc2c(C)noc2C)Cc2ccccc2)sc1C. The van der Waals surface area contributed by atoms with Crippen LogP contribution >= 0.6 is 11.3 Å². The third-order valence-corrected chi connectivity index (χ3v) is 5.45. The molecule has 2 aromatic heterocycles. The maximum Gasteiger partial charge on any atom is 0.186 e. The van der Waals surface area contributed by atoms with E-state index < -0.39 is 0 Å². The van der Waals surface area contributed by atoms with Crippen LogP contribution in [-0.4, -0.2) is 16.7 Å². The van der Waals surface area contributed by atoms with Gasteiger partial charge in [0.05, 0.1) is 11.4 Å². The molecule has 1 aromatic carbocycles. The molecule has 126 valence electrons. The number of thiazole rings is 1. The van der Waals surface area contributed by atoms with Crippen LogP contribution in [0.15, 0.2) is 34.9 Å². The average Bonchev–Trinajstić information content (AvgIpc) is 3.07. The monoisotopic (exact) mass is 341 g/mol. The lowest BCUT2D eigenvalue weighted by Crippen LogP contribution is -2.25. The Labute approximate surface area is 147 Å². The Balaban J connectivity index is 1.81. The van der Waals surface area contributed by atoms with Crippen LogP contribution < -0.4 is 4.90 Å². The van der Waals surface area contributed by atoms with Crippen molar-refractivity contribution in [1.82, 2.24) is 10.1 Å². The van der Waals surface area contributed by atoms with Gasteiger partial charge in [-0.05, 0) is 39.7 Å². The van der Waals surface area contributed by atoms with Gasteiger partial charge in [-0.3, -0.25) is 0 Å². The Morgan fingerprint density at radius 2 is 1.79 bits per heavy atom. The molecule has 3 rings (SSSR count). The van der Waals surface area contributed by atoms with Crippen molar-refractivity contribution in [2.75, 3.05) is 11.4 Å². The first-order valence-corrected chi connectivity index (χ1v) is 9.01. The van der Waals surface area contributed by atoms with Crippen molar-refractivity contribution in [3.63, 3.8) is 0 Å². The largest absolute Gasteiger partial charge is 0.361 e. The number of anilines is 1. The van der Waals surface area contributed by atoms with Crippen molar-refractivity contribution >= 4 is 16.5 Å². The number of rotatable bonds is 6. The van der Waals surface area contributed by atoms with Gasteiger partial charge < -0.3 is 9.42 Å². The van der Waals surface area contributed by atoms with E-state index in [1.807, 2.05) is 13.8 Å². The first kappa shape index (κ1) is 16.7. The van der Waals surface area contributed by atoms with E-state index in [2.05, 4.69) is 54.2 Å². The van der Waals surface area contributed by atoms with Gasteiger partial charge in [-0.25, -0.2) is 4.98 Å². The van der Waals surface area contributed by atoms with E-state index in [0.717, 1.165) is 41.8 Å². The van der Waals surface area contributed by atoms with Gasteiger partial charge in [0.15, 0.2) is 5.13 Å². The highest BCUT2D eigenvalue weighted by Gasteiger charge is 2.16. The first-order chi connectivity index (χ1) is 11.5. The lowest BCUT2D eigenvalue weighted by atomic mass is 10.1. The Morgan fingerprint density at radius 1 is 1.04 bits per heavy atom. The number of hydrogen-bond acceptors (Lipinski definition) is 5. The summed E-state index contributed by atoms with van der Waals surface area (Å²) in [4.78, 5) is 8.39. The molecule has 0 aliphatic rings. The molecule has 2 heterocycles. The molecule has 0 fully saturated rings. The third-order valence-electron chi connectivity index (χ3n) is 4.32. The molecule has 0 saturated carbocycles. The summed E-state index contributed by atoms with van der Waals surface area (Å²) in [6.45, 7) is 9.94. The van der Waals surface area contributed by atoms with Gasteiger partial charge in [0.25, 0.3) is 0 Å². The van der Waals surface area contributed by atoms with E-state index in [1.165, 1.54) is 16.0 Å². The molecule has 0 amide bonds. The second kappa shape index (κ2) is 7.18. The Bertz CT molecular complexity index is 768. The molecular formula is C19H23N3OS. The second-order valence-corrected chi connectivity index (χ2v) is 7.28. The summed E-state index contributed by atoms with van der Waals surface area (Å²) in [7, 11) is 0. The summed E-state index contributed by atoms with van der Waals surface area (Å²) in [5.41, 5.74) is 4.60. The van der Waals surface area contributed by atoms with E-state index in [1.54, 1.807) is 11.3 Å². The highest BCUT2D eigenvalue weighted by molar-refractivity contribution is 7.15. The van der Waals surface area contributed by atoms with Crippen LogP contribution in [-0.2, 0) is 13.0 Å². The van der Waals surface area contributed by atoms with Gasteiger partial charge in [-0.2, -0.15) is 0 Å². The topological polar surface area (TPSA) is 42.2 Å². The smallest absolute Gasteiger partial charge is 0.186 e. The fourth-order valence-corrected chi connectivity index (χ4v) is 3.68. The molecule has 3 aromatic rings. The molecule has 0 unspecified atom stereocenters. The highest BCUT2D eigenvalue weighted by Crippen LogP contribution is 2.27. The first-order valence-electron chi connectivity index (χ1n) is 8.19. The summed E-state index contributed by atoms with van der Waals surface area (Å²) in [6.07, 6.45) is 0.908. The van der Waals surface area contributed by atoms with E-state index in [4.69, 9.17) is 9.51 Å². The van der Waals surface area contributed by atoms with Crippen LogP contribution in [0.4, 0.5) is 5.13 Å². The van der Waals surface area contributed by atoms with Crippen molar-refractivity contribution < 1.29 is 4.52 Å². The van der Waals surface area contributed by atoms with Crippen LogP contribution in [0.1, 0.15) is 33.2 Å². The average molecular weight is 341 g/mol. The standard InChI is InChI=1S/C19H23N3OS/c1-13-16(4)24-19(20-13)22(12-17-8-6-5-7-9-17)11-10-18-14(2)21-23-15(18)3/h5-9H,10-12H2,1-4H3. The maximum atomic E-state index is 5.29. The predicted molar refractivity (Wildman–Crippen MR) is 98.8 cm³/mol. The molecule has 0 bridgehead atoms. The molecule has 0 saturated heterocycles. The van der Waals surface area contributed by atoms with Crippen molar-refractivity contribution in [3.05, 3.63) is 63.5 Å². The molecule has 0 atom stereocenters. The summed E-state index contributed by atoms with van der Waals surface area (Å²) in [6, 6.07) is 10.5. The third kappa shape index (κ3) is 3.67. The molecule has 0 spiro atoms.